The molecule has 2 N–H and O–H groups in total. The number of carbonyl (C=O) groups excluding carboxylic acids is 2. The number of hydrogen-bond donors (Lipinski definition) is 2. The highest BCUT2D eigenvalue weighted by molar-refractivity contribution is 6.10. The van der Waals surface area contributed by atoms with Crippen LogP contribution >= 0.6 is 0 Å². The molecule has 5 nitrogen and oxygen atoms in total. The van der Waals surface area contributed by atoms with Gasteiger partial charge in [-0.1, -0.05) is 43.2 Å². The lowest BCUT2D eigenvalue weighted by Crippen LogP contribution is -2.33. The van der Waals surface area contributed by atoms with Gasteiger partial charge in [-0.05, 0) is 50.1 Å². The Morgan fingerprint density at radius 1 is 0.963 bits per heavy atom. The first-order valence-electron chi connectivity index (χ1n) is 9.55. The number of carbonyl (C=O) groups is 2. The van der Waals surface area contributed by atoms with Gasteiger partial charge < -0.3 is 10.6 Å². The number of anilines is 2. The fraction of sp³-hybridized carbons (Fsp3) is 0.364. The Kier molecular flexibility index (Phi) is 6.60. The van der Waals surface area contributed by atoms with Gasteiger partial charge in [0.1, 0.15) is 0 Å². The predicted molar refractivity (Wildman–Crippen MR) is 109 cm³/mol. The molecule has 0 saturated heterocycles. The highest BCUT2D eigenvalue weighted by Gasteiger charge is 2.19. The Bertz CT molecular complexity index is 770. The van der Waals surface area contributed by atoms with E-state index in [0.717, 1.165) is 12.2 Å². The molecule has 0 unspecified atom stereocenters. The number of likely N-dealkylation sites (N-methyl/N-ethyl adjacent to an activating group) is 1. The van der Waals surface area contributed by atoms with E-state index in [1.54, 1.807) is 18.2 Å². The molecule has 0 aliphatic heterocycles. The summed E-state index contributed by atoms with van der Waals surface area (Å²) < 4.78 is 0. The Labute approximate surface area is 160 Å². The highest BCUT2D eigenvalue weighted by atomic mass is 16.2. The topological polar surface area (TPSA) is 61.4 Å². The zero-order valence-corrected chi connectivity index (χ0v) is 15.8. The van der Waals surface area contributed by atoms with Crippen LogP contribution in [0.2, 0.25) is 0 Å². The van der Waals surface area contributed by atoms with Crippen LogP contribution in [0.5, 0.6) is 0 Å². The molecule has 0 spiro atoms. The van der Waals surface area contributed by atoms with Gasteiger partial charge in [-0.3, -0.25) is 14.5 Å². The molecule has 5 heteroatoms. The number of nitrogens with zero attached hydrogens (tertiary/aromatic N) is 1. The van der Waals surface area contributed by atoms with Crippen LogP contribution in [0.15, 0.2) is 54.6 Å². The molecule has 1 aliphatic rings. The van der Waals surface area contributed by atoms with Crippen molar-refractivity contribution in [3.8, 4) is 0 Å². The first-order valence-corrected chi connectivity index (χ1v) is 9.55. The fourth-order valence-electron chi connectivity index (χ4n) is 3.64. The van der Waals surface area contributed by atoms with Crippen LogP contribution in [-0.4, -0.2) is 36.9 Å². The second-order valence-corrected chi connectivity index (χ2v) is 7.26. The third-order valence-corrected chi connectivity index (χ3v) is 4.94. The molecule has 2 aromatic carbocycles. The van der Waals surface area contributed by atoms with E-state index >= 15 is 0 Å². The van der Waals surface area contributed by atoms with E-state index in [9.17, 15) is 9.59 Å². The molecule has 1 saturated carbocycles. The van der Waals surface area contributed by atoms with Gasteiger partial charge in [0.2, 0.25) is 5.91 Å². The third-order valence-electron chi connectivity index (χ3n) is 4.94. The Balaban J connectivity index is 1.59. The lowest BCUT2D eigenvalue weighted by Gasteiger charge is -2.20. The molecule has 2 aromatic rings. The van der Waals surface area contributed by atoms with Crippen molar-refractivity contribution in [3.63, 3.8) is 0 Å². The standard InChI is InChI=1S/C22H27N3O2/c1-25(15-17-9-5-6-10-17)16-21(26)24-20-14-8-7-13-19(20)22(27)23-18-11-3-2-4-12-18/h2-4,7-8,11-14,17H,5-6,9-10,15-16H2,1H3,(H,23,27)(H,24,26). The van der Waals surface area contributed by atoms with Gasteiger partial charge in [-0.15, -0.1) is 0 Å². The summed E-state index contributed by atoms with van der Waals surface area (Å²) in [5.74, 6) is 0.360. The van der Waals surface area contributed by atoms with E-state index in [1.165, 1.54) is 25.7 Å². The van der Waals surface area contributed by atoms with Crippen molar-refractivity contribution in [2.45, 2.75) is 25.7 Å². The zero-order chi connectivity index (χ0) is 19.1. The summed E-state index contributed by atoms with van der Waals surface area (Å²) in [6.07, 6.45) is 5.12. The molecule has 27 heavy (non-hydrogen) atoms. The van der Waals surface area contributed by atoms with Gasteiger partial charge in [-0.2, -0.15) is 0 Å². The SMILES string of the molecule is CN(CC(=O)Nc1ccccc1C(=O)Nc1ccccc1)CC1CCCC1. The van der Waals surface area contributed by atoms with Crippen molar-refractivity contribution in [1.82, 2.24) is 4.90 Å². The molecular weight excluding hydrogens is 338 g/mol. The number of para-hydroxylation sites is 2. The van der Waals surface area contributed by atoms with E-state index < -0.39 is 0 Å². The average Bonchev–Trinajstić information content (AvgIpc) is 3.15. The fourth-order valence-corrected chi connectivity index (χ4v) is 3.64. The monoisotopic (exact) mass is 365 g/mol. The lowest BCUT2D eigenvalue weighted by atomic mass is 10.1. The second-order valence-electron chi connectivity index (χ2n) is 7.26. The summed E-state index contributed by atoms with van der Waals surface area (Å²) in [7, 11) is 1.98. The summed E-state index contributed by atoms with van der Waals surface area (Å²) in [6.45, 7) is 1.27. The van der Waals surface area contributed by atoms with Crippen LogP contribution in [0.25, 0.3) is 0 Å². The van der Waals surface area contributed by atoms with Gasteiger partial charge in [-0.25, -0.2) is 0 Å². The van der Waals surface area contributed by atoms with Crippen molar-refractivity contribution in [2.75, 3.05) is 30.8 Å². The maximum atomic E-state index is 12.6. The molecule has 3 rings (SSSR count). The van der Waals surface area contributed by atoms with E-state index in [1.807, 2.05) is 43.4 Å². The van der Waals surface area contributed by atoms with Crippen LogP contribution in [-0.2, 0) is 4.79 Å². The van der Waals surface area contributed by atoms with Crippen molar-refractivity contribution in [1.29, 1.82) is 0 Å². The molecule has 0 atom stereocenters. The maximum absolute atomic E-state index is 12.6. The van der Waals surface area contributed by atoms with Crippen LogP contribution < -0.4 is 10.6 Å². The molecular formula is C22H27N3O2. The largest absolute Gasteiger partial charge is 0.324 e. The minimum absolute atomic E-state index is 0.101. The first kappa shape index (κ1) is 19.1. The third kappa shape index (κ3) is 5.66. The molecule has 2 amide bonds. The quantitative estimate of drug-likeness (QED) is 0.780. The second kappa shape index (κ2) is 9.33. The van der Waals surface area contributed by atoms with Gasteiger partial charge in [0.15, 0.2) is 0 Å². The zero-order valence-electron chi connectivity index (χ0n) is 15.8. The molecule has 1 aliphatic carbocycles. The van der Waals surface area contributed by atoms with Crippen LogP contribution in [0, 0.1) is 5.92 Å². The Morgan fingerprint density at radius 2 is 1.63 bits per heavy atom. The predicted octanol–water partition coefficient (Wildman–Crippen LogP) is 4.00. The normalized spacial score (nSPS) is 14.3. The minimum atomic E-state index is -0.239. The Hall–Kier alpha value is -2.66. The summed E-state index contributed by atoms with van der Waals surface area (Å²) in [5, 5.41) is 5.75. The van der Waals surface area contributed by atoms with Crippen LogP contribution in [0.4, 0.5) is 11.4 Å². The van der Waals surface area contributed by atoms with Gasteiger partial charge in [0.05, 0.1) is 17.8 Å². The number of hydrogen-bond acceptors (Lipinski definition) is 3. The van der Waals surface area contributed by atoms with E-state index in [-0.39, 0.29) is 11.8 Å². The average molecular weight is 365 g/mol. The molecule has 142 valence electrons. The van der Waals surface area contributed by atoms with Gasteiger partial charge >= 0.3 is 0 Å². The summed E-state index contributed by atoms with van der Waals surface area (Å²) in [6, 6.07) is 16.4. The highest BCUT2D eigenvalue weighted by Crippen LogP contribution is 2.25. The van der Waals surface area contributed by atoms with Gasteiger partial charge in [0, 0.05) is 12.2 Å². The summed E-state index contributed by atoms with van der Waals surface area (Å²) in [4.78, 5) is 27.1. The lowest BCUT2D eigenvalue weighted by molar-refractivity contribution is -0.117. The Morgan fingerprint density at radius 3 is 2.37 bits per heavy atom. The number of rotatable bonds is 7. The maximum Gasteiger partial charge on any atom is 0.257 e. The van der Waals surface area contributed by atoms with Crippen molar-refractivity contribution < 1.29 is 9.59 Å². The molecule has 0 aromatic heterocycles. The van der Waals surface area contributed by atoms with Crippen molar-refractivity contribution >= 4 is 23.2 Å². The molecule has 0 radical (unpaired) electrons. The van der Waals surface area contributed by atoms with Crippen molar-refractivity contribution in [2.24, 2.45) is 5.92 Å². The minimum Gasteiger partial charge on any atom is -0.324 e. The molecule has 0 heterocycles. The summed E-state index contributed by atoms with van der Waals surface area (Å²) in [5.41, 5.74) is 1.71. The van der Waals surface area contributed by atoms with Crippen molar-refractivity contribution in [3.05, 3.63) is 60.2 Å². The molecule has 0 bridgehead atoms. The molecule has 1 fully saturated rings. The van der Waals surface area contributed by atoms with E-state index in [2.05, 4.69) is 15.5 Å². The number of nitrogens with one attached hydrogen (secondary N) is 2. The van der Waals surface area contributed by atoms with Gasteiger partial charge in [0.25, 0.3) is 5.91 Å². The number of amides is 2. The van der Waals surface area contributed by atoms with Crippen LogP contribution in [0.3, 0.4) is 0 Å². The number of benzene rings is 2. The first-order chi connectivity index (χ1) is 13.1. The smallest absolute Gasteiger partial charge is 0.257 e. The van der Waals surface area contributed by atoms with Crippen LogP contribution in [0.1, 0.15) is 36.0 Å². The van der Waals surface area contributed by atoms with E-state index in [4.69, 9.17) is 0 Å². The van der Waals surface area contributed by atoms with E-state index in [0.29, 0.717) is 23.7 Å². The summed E-state index contributed by atoms with van der Waals surface area (Å²) >= 11 is 0.